The Kier molecular flexibility index (Phi) is 6.51. The lowest BCUT2D eigenvalue weighted by atomic mass is 10.1. The van der Waals surface area contributed by atoms with E-state index in [1.165, 1.54) is 20.8 Å². The number of unbranched alkanes of at least 4 members (excludes halogenated alkanes) is 3. The molecule has 0 aliphatic carbocycles. The van der Waals surface area contributed by atoms with Crippen LogP contribution in [0.1, 0.15) is 53.4 Å². The molecule has 1 N–H and O–H groups in total. The third-order valence-corrected chi connectivity index (χ3v) is 4.61. The molecule has 4 nitrogen and oxygen atoms in total. The van der Waals surface area contributed by atoms with Crippen molar-refractivity contribution in [3.05, 3.63) is 0 Å². The summed E-state index contributed by atoms with van der Waals surface area (Å²) in [4.78, 5) is 0. The average molecular weight is 252 g/mol. The van der Waals surface area contributed by atoms with Crippen molar-refractivity contribution < 1.29 is 17.7 Å². The largest absolute Gasteiger partial charge is 0.389 e. The van der Waals surface area contributed by atoms with Crippen molar-refractivity contribution in [2.45, 2.75) is 64.2 Å². The van der Waals surface area contributed by atoms with Gasteiger partial charge < -0.3 is 5.11 Å². The van der Waals surface area contributed by atoms with Crippen LogP contribution >= 0.6 is 0 Å². The fourth-order valence-corrected chi connectivity index (χ4v) is 2.42. The predicted molar refractivity (Wildman–Crippen MR) is 64.8 cm³/mol. The number of hydrogen-bond acceptors (Lipinski definition) is 4. The zero-order chi connectivity index (χ0) is 12.8. The van der Waals surface area contributed by atoms with Crippen molar-refractivity contribution in [2.24, 2.45) is 0 Å². The van der Waals surface area contributed by atoms with Crippen molar-refractivity contribution in [2.75, 3.05) is 6.61 Å². The van der Waals surface area contributed by atoms with Crippen LogP contribution in [0.15, 0.2) is 0 Å². The Labute approximate surface area is 99.1 Å². The van der Waals surface area contributed by atoms with Crippen LogP contribution in [-0.4, -0.2) is 31.0 Å². The van der Waals surface area contributed by atoms with Crippen LogP contribution in [-0.2, 0) is 14.3 Å². The van der Waals surface area contributed by atoms with Crippen molar-refractivity contribution in [3.63, 3.8) is 0 Å². The quantitative estimate of drug-likeness (QED) is 0.530. The second-order valence-corrected chi connectivity index (χ2v) is 6.60. The molecular weight excluding hydrogens is 228 g/mol. The van der Waals surface area contributed by atoms with E-state index in [1.54, 1.807) is 0 Å². The average Bonchev–Trinajstić information content (AvgIpc) is 2.15. The fourth-order valence-electron chi connectivity index (χ4n) is 1.16. The number of rotatable bonds is 8. The number of hydrogen-bond donors (Lipinski definition) is 1. The smallest absolute Gasteiger partial charge is 0.272 e. The molecule has 5 heteroatoms. The Balaban J connectivity index is 4.07. The van der Waals surface area contributed by atoms with Crippen LogP contribution in [0.5, 0.6) is 0 Å². The van der Waals surface area contributed by atoms with Gasteiger partial charge in [-0.15, -0.1) is 0 Å². The standard InChI is InChI=1S/C11H24O4S/c1-5-6-7-8-9-15-16(13,14)10(2)11(3,4)12/h10,12H,5-9H2,1-4H3. The highest BCUT2D eigenvalue weighted by Gasteiger charge is 2.34. The molecule has 0 saturated heterocycles. The molecule has 0 radical (unpaired) electrons. The zero-order valence-corrected chi connectivity index (χ0v) is 11.5. The van der Waals surface area contributed by atoms with E-state index < -0.39 is 21.0 Å². The third kappa shape index (κ3) is 5.82. The topological polar surface area (TPSA) is 63.6 Å². The van der Waals surface area contributed by atoms with Gasteiger partial charge in [-0.25, -0.2) is 0 Å². The van der Waals surface area contributed by atoms with Crippen LogP contribution in [0.3, 0.4) is 0 Å². The maximum absolute atomic E-state index is 11.6. The van der Waals surface area contributed by atoms with Gasteiger partial charge >= 0.3 is 0 Å². The Morgan fingerprint density at radius 2 is 1.81 bits per heavy atom. The van der Waals surface area contributed by atoms with Crippen molar-refractivity contribution in [1.29, 1.82) is 0 Å². The first-order chi connectivity index (χ1) is 7.22. The molecule has 0 saturated carbocycles. The van der Waals surface area contributed by atoms with Crippen LogP contribution in [0.25, 0.3) is 0 Å². The van der Waals surface area contributed by atoms with E-state index in [0.717, 1.165) is 25.7 Å². The predicted octanol–water partition coefficient (Wildman–Crippen LogP) is 2.07. The summed E-state index contributed by atoms with van der Waals surface area (Å²) in [6.45, 7) is 6.70. The molecule has 0 aliphatic rings. The molecule has 98 valence electrons. The monoisotopic (exact) mass is 252 g/mol. The van der Waals surface area contributed by atoms with Crippen molar-refractivity contribution in [1.82, 2.24) is 0 Å². The third-order valence-electron chi connectivity index (χ3n) is 2.67. The summed E-state index contributed by atoms with van der Waals surface area (Å²) in [6, 6.07) is 0. The Bertz CT molecular complexity index is 277. The molecule has 0 aromatic rings. The molecule has 0 aromatic carbocycles. The first-order valence-electron chi connectivity index (χ1n) is 5.82. The first kappa shape index (κ1) is 15.9. The highest BCUT2D eigenvalue weighted by molar-refractivity contribution is 7.87. The van der Waals surface area contributed by atoms with Gasteiger partial charge in [-0.1, -0.05) is 26.2 Å². The Morgan fingerprint density at radius 1 is 1.25 bits per heavy atom. The van der Waals surface area contributed by atoms with Crippen molar-refractivity contribution >= 4 is 10.1 Å². The SMILES string of the molecule is CCCCCCOS(=O)(=O)C(C)C(C)(C)O. The van der Waals surface area contributed by atoms with Crippen LogP contribution < -0.4 is 0 Å². The summed E-state index contributed by atoms with van der Waals surface area (Å²) in [6.07, 6.45) is 3.91. The highest BCUT2D eigenvalue weighted by Crippen LogP contribution is 2.18. The van der Waals surface area contributed by atoms with Crippen LogP contribution in [0.2, 0.25) is 0 Å². The van der Waals surface area contributed by atoms with Gasteiger partial charge in [0.1, 0.15) is 5.25 Å². The molecule has 0 fully saturated rings. The molecule has 0 rings (SSSR count). The molecule has 1 unspecified atom stereocenters. The highest BCUT2D eigenvalue weighted by atomic mass is 32.2. The molecular formula is C11H24O4S. The first-order valence-corrected chi connectivity index (χ1v) is 7.29. The van der Waals surface area contributed by atoms with Crippen LogP contribution in [0.4, 0.5) is 0 Å². The van der Waals surface area contributed by atoms with E-state index in [4.69, 9.17) is 4.18 Å². The molecule has 0 bridgehead atoms. The minimum absolute atomic E-state index is 0.211. The van der Waals surface area contributed by atoms with E-state index in [-0.39, 0.29) is 6.61 Å². The molecule has 0 heterocycles. The minimum atomic E-state index is -3.66. The molecule has 1 atom stereocenters. The molecule has 16 heavy (non-hydrogen) atoms. The van der Waals surface area contributed by atoms with E-state index >= 15 is 0 Å². The van der Waals surface area contributed by atoms with E-state index in [0.29, 0.717) is 0 Å². The second kappa shape index (κ2) is 6.57. The lowest BCUT2D eigenvalue weighted by Gasteiger charge is -2.24. The zero-order valence-electron chi connectivity index (χ0n) is 10.7. The van der Waals surface area contributed by atoms with E-state index in [9.17, 15) is 13.5 Å². The maximum atomic E-state index is 11.6. The van der Waals surface area contributed by atoms with Gasteiger partial charge in [-0.3, -0.25) is 4.18 Å². The second-order valence-electron chi connectivity index (χ2n) is 4.67. The molecule has 0 aliphatic heterocycles. The Hall–Kier alpha value is -0.130. The minimum Gasteiger partial charge on any atom is -0.389 e. The molecule has 0 amide bonds. The lowest BCUT2D eigenvalue weighted by Crippen LogP contribution is -2.40. The van der Waals surface area contributed by atoms with Crippen LogP contribution in [0, 0.1) is 0 Å². The van der Waals surface area contributed by atoms with Gasteiger partial charge in [-0.05, 0) is 27.2 Å². The van der Waals surface area contributed by atoms with Gasteiger partial charge in [0.15, 0.2) is 0 Å². The summed E-state index contributed by atoms with van der Waals surface area (Å²) in [5.41, 5.74) is -1.28. The van der Waals surface area contributed by atoms with Gasteiger partial charge in [0, 0.05) is 0 Å². The summed E-state index contributed by atoms with van der Waals surface area (Å²) in [5.74, 6) is 0. The van der Waals surface area contributed by atoms with E-state index in [1.807, 2.05) is 0 Å². The Morgan fingerprint density at radius 3 is 2.25 bits per heavy atom. The lowest BCUT2D eigenvalue weighted by molar-refractivity contribution is 0.0753. The summed E-state index contributed by atoms with van der Waals surface area (Å²) in [5, 5.41) is 8.69. The fraction of sp³-hybridized carbons (Fsp3) is 1.00. The number of aliphatic hydroxyl groups is 1. The van der Waals surface area contributed by atoms with Gasteiger partial charge in [0.05, 0.1) is 12.2 Å². The molecule has 0 spiro atoms. The van der Waals surface area contributed by atoms with Gasteiger partial charge in [-0.2, -0.15) is 8.42 Å². The summed E-state index contributed by atoms with van der Waals surface area (Å²) >= 11 is 0. The normalized spacial score (nSPS) is 15.1. The summed E-state index contributed by atoms with van der Waals surface area (Å²) < 4.78 is 28.1. The molecule has 0 aromatic heterocycles. The van der Waals surface area contributed by atoms with Gasteiger partial charge in [0.2, 0.25) is 0 Å². The summed E-state index contributed by atoms with van der Waals surface area (Å²) in [7, 11) is -3.66. The van der Waals surface area contributed by atoms with Crippen molar-refractivity contribution in [3.8, 4) is 0 Å². The van der Waals surface area contributed by atoms with Gasteiger partial charge in [0.25, 0.3) is 10.1 Å². The van der Waals surface area contributed by atoms with E-state index in [2.05, 4.69) is 6.92 Å². The maximum Gasteiger partial charge on any atom is 0.272 e.